The van der Waals surface area contributed by atoms with Gasteiger partial charge in [-0.2, -0.15) is 9.78 Å². The predicted octanol–water partition coefficient (Wildman–Crippen LogP) is 0.204. The summed E-state index contributed by atoms with van der Waals surface area (Å²) in [5, 5.41) is 19.3. The molecule has 0 aromatic carbocycles. The summed E-state index contributed by atoms with van der Waals surface area (Å²) in [7, 11) is 1.88. The van der Waals surface area contributed by atoms with Crippen LogP contribution in [0.15, 0.2) is 6.20 Å². The van der Waals surface area contributed by atoms with Crippen molar-refractivity contribution in [3.8, 4) is 5.69 Å². The van der Waals surface area contributed by atoms with Gasteiger partial charge in [0.1, 0.15) is 5.69 Å². The molecule has 17 heavy (non-hydrogen) atoms. The topological polar surface area (TPSA) is 73.5 Å². The zero-order chi connectivity index (χ0) is 12.3. The summed E-state index contributed by atoms with van der Waals surface area (Å²) < 4.78 is 3.49. The van der Waals surface area contributed by atoms with Crippen molar-refractivity contribution in [3.05, 3.63) is 17.7 Å². The maximum absolute atomic E-state index is 4.28. The van der Waals surface area contributed by atoms with E-state index in [2.05, 4.69) is 32.9 Å². The van der Waals surface area contributed by atoms with Crippen LogP contribution < -0.4 is 5.32 Å². The van der Waals surface area contributed by atoms with E-state index in [4.69, 9.17) is 0 Å². The first kappa shape index (κ1) is 11.7. The minimum Gasteiger partial charge on any atom is -0.310 e. The van der Waals surface area contributed by atoms with E-state index in [-0.39, 0.29) is 0 Å². The van der Waals surface area contributed by atoms with Crippen molar-refractivity contribution >= 4 is 0 Å². The molecular weight excluding hydrogens is 218 g/mol. The van der Waals surface area contributed by atoms with E-state index in [9.17, 15) is 0 Å². The van der Waals surface area contributed by atoms with Gasteiger partial charge in [-0.15, -0.1) is 5.10 Å². The second-order valence-electron chi connectivity index (χ2n) is 3.96. The average Bonchev–Trinajstić information content (AvgIpc) is 2.85. The van der Waals surface area contributed by atoms with E-state index in [1.165, 1.54) is 0 Å². The van der Waals surface area contributed by atoms with Crippen LogP contribution in [0.4, 0.5) is 0 Å². The van der Waals surface area contributed by atoms with Crippen LogP contribution in [0, 0.1) is 6.92 Å². The van der Waals surface area contributed by atoms with Crippen LogP contribution in [0.25, 0.3) is 5.69 Å². The lowest BCUT2D eigenvalue weighted by Crippen LogP contribution is -2.17. The van der Waals surface area contributed by atoms with Gasteiger partial charge in [0.2, 0.25) is 0 Å². The van der Waals surface area contributed by atoms with Crippen LogP contribution in [0.5, 0.6) is 0 Å². The average molecular weight is 235 g/mol. The van der Waals surface area contributed by atoms with Crippen molar-refractivity contribution in [1.82, 2.24) is 35.3 Å². The number of nitrogens with zero attached hydrogens (tertiary/aromatic N) is 6. The monoisotopic (exact) mass is 235 g/mol. The van der Waals surface area contributed by atoms with Gasteiger partial charge in [-0.25, -0.2) is 0 Å². The van der Waals surface area contributed by atoms with Crippen LogP contribution in [-0.2, 0) is 13.6 Å². The predicted molar refractivity (Wildman–Crippen MR) is 62.7 cm³/mol. The number of hydrogen-bond acceptors (Lipinski definition) is 5. The summed E-state index contributed by atoms with van der Waals surface area (Å²) in [5.41, 5.74) is 1.84. The van der Waals surface area contributed by atoms with Crippen LogP contribution in [0.2, 0.25) is 0 Å². The Hall–Kier alpha value is -1.76. The molecule has 0 fully saturated rings. The van der Waals surface area contributed by atoms with Crippen LogP contribution in [0.1, 0.15) is 24.9 Å². The third kappa shape index (κ3) is 2.50. The van der Waals surface area contributed by atoms with Crippen molar-refractivity contribution in [2.24, 2.45) is 7.05 Å². The first-order valence-electron chi connectivity index (χ1n) is 5.71. The highest BCUT2D eigenvalue weighted by atomic mass is 15.6. The smallest absolute Gasteiger partial charge is 0.170 e. The molecule has 0 unspecified atom stereocenters. The van der Waals surface area contributed by atoms with E-state index in [0.717, 1.165) is 30.2 Å². The van der Waals surface area contributed by atoms with Crippen LogP contribution >= 0.6 is 0 Å². The minimum absolute atomic E-state index is 0.662. The molecule has 7 heteroatoms. The highest BCUT2D eigenvalue weighted by Crippen LogP contribution is 2.11. The molecule has 0 radical (unpaired) electrons. The van der Waals surface area contributed by atoms with E-state index in [0.29, 0.717) is 6.54 Å². The molecule has 92 valence electrons. The molecule has 0 bridgehead atoms. The van der Waals surface area contributed by atoms with Gasteiger partial charge in [-0.05, 0) is 30.3 Å². The van der Waals surface area contributed by atoms with Crippen LogP contribution in [0.3, 0.4) is 0 Å². The van der Waals surface area contributed by atoms with Gasteiger partial charge in [0.25, 0.3) is 0 Å². The Labute approximate surface area is 99.8 Å². The lowest BCUT2D eigenvalue weighted by Gasteiger charge is -2.03. The Bertz CT molecular complexity index is 485. The van der Waals surface area contributed by atoms with Gasteiger partial charge in [-0.3, -0.25) is 4.68 Å². The second kappa shape index (κ2) is 5.05. The summed E-state index contributed by atoms with van der Waals surface area (Å²) in [6.07, 6.45) is 3.00. The maximum Gasteiger partial charge on any atom is 0.170 e. The second-order valence-corrected chi connectivity index (χ2v) is 3.96. The number of aromatic nitrogens is 6. The number of aryl methyl sites for hydroxylation is 2. The Balaban J connectivity index is 2.21. The van der Waals surface area contributed by atoms with Crippen molar-refractivity contribution < 1.29 is 0 Å². The SMILES string of the molecule is CCCNCc1nnnn1-c1cn(C)nc1C. The van der Waals surface area contributed by atoms with Gasteiger partial charge in [0.15, 0.2) is 5.82 Å². The molecule has 0 aliphatic heterocycles. The first-order chi connectivity index (χ1) is 8.22. The van der Waals surface area contributed by atoms with E-state index in [1.54, 1.807) is 9.36 Å². The van der Waals surface area contributed by atoms with Crippen LogP contribution in [-0.4, -0.2) is 36.5 Å². The van der Waals surface area contributed by atoms with E-state index in [1.807, 2.05) is 20.2 Å². The zero-order valence-electron chi connectivity index (χ0n) is 10.4. The Kier molecular flexibility index (Phi) is 3.48. The normalized spacial score (nSPS) is 11.0. The fourth-order valence-electron chi connectivity index (χ4n) is 1.68. The molecule has 2 rings (SSSR count). The van der Waals surface area contributed by atoms with Gasteiger partial charge in [0.05, 0.1) is 18.4 Å². The molecule has 0 atom stereocenters. The molecule has 0 amide bonds. The van der Waals surface area contributed by atoms with Gasteiger partial charge in [-0.1, -0.05) is 6.92 Å². The Morgan fingerprint density at radius 3 is 2.88 bits per heavy atom. The largest absolute Gasteiger partial charge is 0.310 e. The highest BCUT2D eigenvalue weighted by Gasteiger charge is 2.12. The maximum atomic E-state index is 4.28. The Morgan fingerprint density at radius 1 is 1.41 bits per heavy atom. The highest BCUT2D eigenvalue weighted by molar-refractivity contribution is 5.32. The van der Waals surface area contributed by atoms with Crippen molar-refractivity contribution in [3.63, 3.8) is 0 Å². The quantitative estimate of drug-likeness (QED) is 0.750. The number of rotatable bonds is 5. The fraction of sp³-hybridized carbons (Fsp3) is 0.600. The molecule has 0 saturated heterocycles. The number of hydrogen-bond donors (Lipinski definition) is 1. The van der Waals surface area contributed by atoms with Crippen molar-refractivity contribution in [1.29, 1.82) is 0 Å². The molecule has 2 aromatic rings. The first-order valence-corrected chi connectivity index (χ1v) is 5.71. The van der Waals surface area contributed by atoms with Gasteiger partial charge >= 0.3 is 0 Å². The Morgan fingerprint density at radius 2 is 2.24 bits per heavy atom. The molecule has 0 aliphatic rings. The summed E-state index contributed by atoms with van der Waals surface area (Å²) in [6.45, 7) is 5.69. The molecule has 0 spiro atoms. The molecule has 7 nitrogen and oxygen atoms in total. The summed E-state index contributed by atoms with van der Waals surface area (Å²) in [4.78, 5) is 0. The lowest BCUT2D eigenvalue weighted by molar-refractivity contribution is 0.632. The zero-order valence-corrected chi connectivity index (χ0v) is 10.4. The molecular formula is C10H17N7. The molecule has 2 heterocycles. The lowest BCUT2D eigenvalue weighted by atomic mass is 10.4. The van der Waals surface area contributed by atoms with Crippen molar-refractivity contribution in [2.45, 2.75) is 26.8 Å². The third-order valence-corrected chi connectivity index (χ3v) is 2.46. The summed E-state index contributed by atoms with van der Waals surface area (Å²) >= 11 is 0. The van der Waals surface area contributed by atoms with E-state index >= 15 is 0 Å². The fourth-order valence-corrected chi connectivity index (χ4v) is 1.68. The molecule has 1 N–H and O–H groups in total. The molecule has 0 aliphatic carbocycles. The van der Waals surface area contributed by atoms with E-state index < -0.39 is 0 Å². The van der Waals surface area contributed by atoms with Gasteiger partial charge < -0.3 is 5.32 Å². The summed E-state index contributed by atoms with van der Waals surface area (Å²) in [5.74, 6) is 0.801. The third-order valence-electron chi connectivity index (χ3n) is 2.46. The molecule has 2 aromatic heterocycles. The van der Waals surface area contributed by atoms with Gasteiger partial charge in [0, 0.05) is 7.05 Å². The minimum atomic E-state index is 0.662. The van der Waals surface area contributed by atoms with Crippen molar-refractivity contribution in [2.75, 3.05) is 6.54 Å². The summed E-state index contributed by atoms with van der Waals surface area (Å²) in [6, 6.07) is 0. The number of tetrazole rings is 1. The standard InChI is InChI=1S/C10H17N7/c1-4-5-11-6-10-12-14-15-17(10)9-7-16(3)13-8(9)2/h7,11H,4-6H2,1-3H3. The molecule has 0 saturated carbocycles. The number of nitrogens with one attached hydrogen (secondary N) is 1.